The van der Waals surface area contributed by atoms with Gasteiger partial charge in [-0.3, -0.25) is 4.79 Å². The maximum absolute atomic E-state index is 12.2. The summed E-state index contributed by atoms with van der Waals surface area (Å²) in [5.41, 5.74) is 7.05. The van der Waals surface area contributed by atoms with Crippen LogP contribution in [0.4, 0.5) is 5.69 Å². The van der Waals surface area contributed by atoms with E-state index >= 15 is 0 Å². The van der Waals surface area contributed by atoms with Crippen molar-refractivity contribution in [2.24, 2.45) is 0 Å². The molecule has 0 radical (unpaired) electrons. The Hall–Kier alpha value is -1.22. The van der Waals surface area contributed by atoms with Crippen LogP contribution in [-0.4, -0.2) is 23.4 Å². The van der Waals surface area contributed by atoms with Gasteiger partial charge >= 0.3 is 0 Å². The Labute approximate surface area is 108 Å². The lowest BCUT2D eigenvalue weighted by molar-refractivity contribution is 0.0734. The number of amides is 1. The largest absolute Gasteiger partial charge is 0.399 e. The molecule has 2 rings (SSSR count). The topological polar surface area (TPSA) is 46.3 Å². The van der Waals surface area contributed by atoms with Crippen LogP contribution in [0.15, 0.2) is 24.3 Å². The molecule has 2 N–H and O–H groups in total. The molecule has 1 saturated heterocycles. The van der Waals surface area contributed by atoms with Gasteiger partial charge in [0.05, 0.1) is 0 Å². The van der Waals surface area contributed by atoms with E-state index in [4.69, 9.17) is 5.73 Å². The van der Waals surface area contributed by atoms with E-state index in [0.29, 0.717) is 17.3 Å². The van der Waals surface area contributed by atoms with Crippen LogP contribution >= 0.6 is 12.4 Å². The Morgan fingerprint density at radius 1 is 1.53 bits per heavy atom. The smallest absolute Gasteiger partial charge is 0.254 e. The summed E-state index contributed by atoms with van der Waals surface area (Å²) in [5, 5.41) is 0. The third-order valence-corrected chi connectivity index (χ3v) is 3.24. The zero-order valence-electron chi connectivity index (χ0n) is 10.1. The van der Waals surface area contributed by atoms with Crippen LogP contribution in [0, 0.1) is 0 Å². The molecule has 17 heavy (non-hydrogen) atoms. The summed E-state index contributed by atoms with van der Waals surface area (Å²) in [5.74, 6) is 0.122. The van der Waals surface area contributed by atoms with Gasteiger partial charge in [0.25, 0.3) is 5.91 Å². The number of nitrogens with two attached hydrogens (primary N) is 1. The van der Waals surface area contributed by atoms with Gasteiger partial charge in [-0.2, -0.15) is 0 Å². The average molecular weight is 255 g/mol. The monoisotopic (exact) mass is 254 g/mol. The molecule has 1 aliphatic heterocycles. The lowest BCUT2D eigenvalue weighted by atomic mass is 10.1. The van der Waals surface area contributed by atoms with Gasteiger partial charge in [0.2, 0.25) is 0 Å². The molecule has 4 heteroatoms. The summed E-state index contributed by atoms with van der Waals surface area (Å²) in [6, 6.07) is 7.64. The Balaban J connectivity index is 0.00000144. The van der Waals surface area contributed by atoms with Crippen molar-refractivity contribution in [3.8, 4) is 0 Å². The van der Waals surface area contributed by atoms with Gasteiger partial charge in [-0.25, -0.2) is 0 Å². The molecule has 1 unspecified atom stereocenters. The summed E-state index contributed by atoms with van der Waals surface area (Å²) < 4.78 is 0. The van der Waals surface area contributed by atoms with Gasteiger partial charge in [-0.05, 0) is 37.5 Å². The number of rotatable bonds is 2. The minimum atomic E-state index is 0. The molecule has 0 bridgehead atoms. The van der Waals surface area contributed by atoms with Crippen LogP contribution in [0.5, 0.6) is 0 Å². The molecule has 94 valence electrons. The van der Waals surface area contributed by atoms with E-state index in [9.17, 15) is 4.79 Å². The van der Waals surface area contributed by atoms with Crippen LogP contribution in [0.3, 0.4) is 0 Å². The zero-order chi connectivity index (χ0) is 11.5. The van der Waals surface area contributed by atoms with Crippen molar-refractivity contribution in [1.82, 2.24) is 4.90 Å². The number of nitrogen functional groups attached to an aromatic ring is 1. The standard InChI is InChI=1S/C13H18N2O.ClH/c1-2-12-7-4-8-15(12)13(16)10-5-3-6-11(14)9-10;/h3,5-6,9,12H,2,4,7-8,14H2,1H3;1H. The first-order valence-electron chi connectivity index (χ1n) is 5.89. The van der Waals surface area contributed by atoms with Gasteiger partial charge in [-0.15, -0.1) is 12.4 Å². The minimum absolute atomic E-state index is 0. The number of hydrogen-bond acceptors (Lipinski definition) is 2. The maximum Gasteiger partial charge on any atom is 0.254 e. The first kappa shape index (κ1) is 13.8. The van der Waals surface area contributed by atoms with Crippen molar-refractivity contribution < 1.29 is 4.79 Å². The van der Waals surface area contributed by atoms with Crippen LogP contribution in [0.2, 0.25) is 0 Å². The fourth-order valence-electron chi connectivity index (χ4n) is 2.37. The highest BCUT2D eigenvalue weighted by Crippen LogP contribution is 2.22. The van der Waals surface area contributed by atoms with E-state index in [1.807, 2.05) is 17.0 Å². The van der Waals surface area contributed by atoms with Crippen molar-refractivity contribution in [2.45, 2.75) is 32.2 Å². The number of carbonyl (C=O) groups is 1. The highest BCUT2D eigenvalue weighted by Gasteiger charge is 2.27. The Morgan fingerprint density at radius 2 is 2.29 bits per heavy atom. The van der Waals surface area contributed by atoms with E-state index in [-0.39, 0.29) is 18.3 Å². The van der Waals surface area contributed by atoms with Crippen molar-refractivity contribution in [1.29, 1.82) is 0 Å². The molecule has 0 aliphatic carbocycles. The number of hydrogen-bond donors (Lipinski definition) is 1. The maximum atomic E-state index is 12.2. The van der Waals surface area contributed by atoms with Crippen LogP contribution in [0.25, 0.3) is 0 Å². The minimum Gasteiger partial charge on any atom is -0.399 e. The van der Waals surface area contributed by atoms with E-state index in [0.717, 1.165) is 25.8 Å². The van der Waals surface area contributed by atoms with Crippen molar-refractivity contribution >= 4 is 24.0 Å². The second-order valence-electron chi connectivity index (χ2n) is 4.33. The number of likely N-dealkylation sites (tertiary alicyclic amines) is 1. The van der Waals surface area contributed by atoms with E-state index in [1.54, 1.807) is 12.1 Å². The molecule has 1 heterocycles. The molecule has 3 nitrogen and oxygen atoms in total. The molecule has 1 amide bonds. The normalized spacial score (nSPS) is 18.9. The molecular weight excluding hydrogens is 236 g/mol. The fraction of sp³-hybridized carbons (Fsp3) is 0.462. The van der Waals surface area contributed by atoms with Crippen molar-refractivity contribution in [3.63, 3.8) is 0 Å². The lowest BCUT2D eigenvalue weighted by Gasteiger charge is -2.23. The molecule has 1 fully saturated rings. The molecule has 1 aromatic carbocycles. The quantitative estimate of drug-likeness (QED) is 0.825. The van der Waals surface area contributed by atoms with Gasteiger partial charge in [-0.1, -0.05) is 13.0 Å². The first-order valence-corrected chi connectivity index (χ1v) is 5.89. The molecule has 1 atom stereocenters. The highest BCUT2D eigenvalue weighted by atomic mass is 35.5. The fourth-order valence-corrected chi connectivity index (χ4v) is 2.37. The molecule has 1 aromatic rings. The number of anilines is 1. The first-order chi connectivity index (χ1) is 7.72. The second-order valence-corrected chi connectivity index (χ2v) is 4.33. The highest BCUT2D eigenvalue weighted by molar-refractivity contribution is 5.95. The van der Waals surface area contributed by atoms with Gasteiger partial charge in [0.1, 0.15) is 0 Å². The summed E-state index contributed by atoms with van der Waals surface area (Å²) in [7, 11) is 0. The van der Waals surface area contributed by atoms with Gasteiger partial charge < -0.3 is 10.6 Å². The number of nitrogens with zero attached hydrogens (tertiary/aromatic N) is 1. The van der Waals surface area contributed by atoms with Crippen LogP contribution in [0.1, 0.15) is 36.5 Å². The van der Waals surface area contributed by atoms with E-state index < -0.39 is 0 Å². The lowest BCUT2D eigenvalue weighted by Crippen LogP contribution is -2.35. The second kappa shape index (κ2) is 5.92. The molecule has 0 aromatic heterocycles. The summed E-state index contributed by atoms with van der Waals surface area (Å²) in [6.07, 6.45) is 3.28. The van der Waals surface area contributed by atoms with Crippen LogP contribution < -0.4 is 5.73 Å². The van der Waals surface area contributed by atoms with Crippen molar-refractivity contribution in [3.05, 3.63) is 29.8 Å². The summed E-state index contributed by atoms with van der Waals surface area (Å²) in [6.45, 7) is 3.02. The van der Waals surface area contributed by atoms with Crippen LogP contribution in [-0.2, 0) is 0 Å². The van der Waals surface area contributed by atoms with Crippen molar-refractivity contribution in [2.75, 3.05) is 12.3 Å². The third kappa shape index (κ3) is 2.91. The van der Waals surface area contributed by atoms with Gasteiger partial charge in [0, 0.05) is 23.8 Å². The number of benzene rings is 1. The molecular formula is C13H19ClN2O. The SMILES string of the molecule is CCC1CCCN1C(=O)c1cccc(N)c1.Cl. The molecule has 0 saturated carbocycles. The van der Waals surface area contributed by atoms with E-state index in [2.05, 4.69) is 6.92 Å². The molecule has 0 spiro atoms. The average Bonchev–Trinajstić information content (AvgIpc) is 2.76. The number of carbonyl (C=O) groups excluding carboxylic acids is 1. The zero-order valence-corrected chi connectivity index (χ0v) is 10.9. The predicted octanol–water partition coefficient (Wildman–Crippen LogP) is 2.71. The third-order valence-electron chi connectivity index (χ3n) is 3.24. The number of halogens is 1. The van der Waals surface area contributed by atoms with E-state index in [1.165, 1.54) is 0 Å². The Morgan fingerprint density at radius 3 is 2.94 bits per heavy atom. The Bertz CT molecular complexity index is 395. The predicted molar refractivity (Wildman–Crippen MR) is 72.5 cm³/mol. The summed E-state index contributed by atoms with van der Waals surface area (Å²) >= 11 is 0. The van der Waals surface area contributed by atoms with Gasteiger partial charge in [0.15, 0.2) is 0 Å². The Kier molecular flexibility index (Phi) is 4.82. The summed E-state index contributed by atoms with van der Waals surface area (Å²) in [4.78, 5) is 14.2. The molecule has 1 aliphatic rings.